The quantitative estimate of drug-likeness (QED) is 0.884. The number of aliphatic hydroxyl groups excluding tert-OH is 1. The van der Waals surface area contributed by atoms with E-state index >= 15 is 0 Å². The fourth-order valence-corrected chi connectivity index (χ4v) is 3.35. The van der Waals surface area contributed by atoms with E-state index < -0.39 is 6.10 Å². The third-order valence-electron chi connectivity index (χ3n) is 4.60. The highest BCUT2D eigenvalue weighted by molar-refractivity contribution is 5.46. The molecule has 1 aromatic heterocycles. The molecule has 0 amide bonds. The zero-order chi connectivity index (χ0) is 16.1. The monoisotopic (exact) mass is 314 g/mol. The summed E-state index contributed by atoms with van der Waals surface area (Å²) in [6.07, 6.45) is 5.62. The first kappa shape index (κ1) is 16.0. The molecule has 0 bridgehead atoms. The second-order valence-corrected chi connectivity index (χ2v) is 6.40. The van der Waals surface area contributed by atoms with Gasteiger partial charge in [-0.05, 0) is 38.1 Å². The van der Waals surface area contributed by atoms with Gasteiger partial charge in [0, 0.05) is 43.8 Å². The summed E-state index contributed by atoms with van der Waals surface area (Å²) in [6, 6.07) is 13.0. The Morgan fingerprint density at radius 3 is 2.87 bits per heavy atom. The number of anilines is 1. The summed E-state index contributed by atoms with van der Waals surface area (Å²) in [5, 5.41) is 14.4. The van der Waals surface area contributed by atoms with Crippen LogP contribution in [0.25, 0.3) is 0 Å². The largest absolute Gasteiger partial charge is 0.390 e. The number of rotatable bonds is 6. The molecule has 2 unspecified atom stereocenters. The van der Waals surface area contributed by atoms with Gasteiger partial charge >= 0.3 is 0 Å². The van der Waals surface area contributed by atoms with Crippen LogP contribution in [0, 0.1) is 0 Å². The van der Waals surface area contributed by atoms with Crippen LogP contribution in [0.5, 0.6) is 0 Å². The molecule has 1 aliphatic rings. The highest BCUT2D eigenvalue weighted by Crippen LogP contribution is 2.21. The van der Waals surface area contributed by atoms with Crippen molar-refractivity contribution in [3.8, 4) is 0 Å². The molecule has 0 saturated carbocycles. The Morgan fingerprint density at radius 2 is 2.13 bits per heavy atom. The number of hydrogen-bond donors (Lipinski definition) is 1. The Balaban J connectivity index is 1.53. The van der Waals surface area contributed by atoms with Crippen molar-refractivity contribution < 1.29 is 5.11 Å². The fraction of sp³-hybridized carbons (Fsp3) is 0.500. The maximum atomic E-state index is 10.3. The topological polar surface area (TPSA) is 44.5 Å². The Bertz CT molecular complexity index is 572. The van der Waals surface area contributed by atoms with Crippen LogP contribution in [0.15, 0.2) is 48.8 Å². The minimum absolute atomic E-state index is 0.396. The van der Waals surface area contributed by atoms with Gasteiger partial charge in [0.05, 0.1) is 12.6 Å². The first-order valence-electron chi connectivity index (χ1n) is 8.38. The molecule has 1 N–H and O–H groups in total. The molecular formula is C18H26N4O. The molecule has 0 spiro atoms. The molecule has 2 aromatic rings. The Labute approximate surface area is 138 Å². The van der Waals surface area contributed by atoms with Crippen LogP contribution in [-0.4, -0.2) is 58.6 Å². The van der Waals surface area contributed by atoms with Gasteiger partial charge in [0.15, 0.2) is 0 Å². The van der Waals surface area contributed by atoms with Crippen LogP contribution in [0.4, 0.5) is 5.69 Å². The SMILES string of the molecule is CN(CC(O)Cn1cccn1)C1CCCN(c2ccccc2)C1. The maximum Gasteiger partial charge on any atom is 0.0862 e. The van der Waals surface area contributed by atoms with Crippen molar-refractivity contribution in [2.75, 3.05) is 31.6 Å². The number of hydrogen-bond acceptors (Lipinski definition) is 4. The molecule has 5 nitrogen and oxygen atoms in total. The van der Waals surface area contributed by atoms with Gasteiger partial charge in [0.1, 0.15) is 0 Å². The molecule has 0 aliphatic carbocycles. The fourth-order valence-electron chi connectivity index (χ4n) is 3.35. The number of aromatic nitrogens is 2. The summed E-state index contributed by atoms with van der Waals surface area (Å²) in [7, 11) is 2.12. The van der Waals surface area contributed by atoms with E-state index in [1.807, 2.05) is 12.3 Å². The Morgan fingerprint density at radius 1 is 1.30 bits per heavy atom. The van der Waals surface area contributed by atoms with Gasteiger partial charge in [-0.15, -0.1) is 0 Å². The summed E-state index contributed by atoms with van der Waals surface area (Å²) in [5.74, 6) is 0. The minimum atomic E-state index is -0.396. The third-order valence-corrected chi connectivity index (χ3v) is 4.60. The summed E-state index contributed by atoms with van der Waals surface area (Å²) in [6.45, 7) is 3.36. The summed E-state index contributed by atoms with van der Waals surface area (Å²) in [5.41, 5.74) is 1.29. The van der Waals surface area contributed by atoms with Gasteiger partial charge in [0.2, 0.25) is 0 Å². The zero-order valence-corrected chi connectivity index (χ0v) is 13.8. The van der Waals surface area contributed by atoms with Crippen molar-refractivity contribution in [2.24, 2.45) is 0 Å². The minimum Gasteiger partial charge on any atom is -0.390 e. The molecule has 124 valence electrons. The van der Waals surface area contributed by atoms with Crippen molar-refractivity contribution in [2.45, 2.75) is 31.5 Å². The average Bonchev–Trinajstić information content (AvgIpc) is 3.08. The number of benzene rings is 1. The maximum absolute atomic E-state index is 10.3. The zero-order valence-electron chi connectivity index (χ0n) is 13.8. The van der Waals surface area contributed by atoms with Gasteiger partial charge in [-0.2, -0.15) is 5.10 Å². The molecule has 1 aliphatic heterocycles. The van der Waals surface area contributed by atoms with Crippen LogP contribution >= 0.6 is 0 Å². The molecule has 1 fully saturated rings. The van der Waals surface area contributed by atoms with Gasteiger partial charge in [-0.25, -0.2) is 0 Å². The van der Waals surface area contributed by atoms with E-state index in [9.17, 15) is 5.11 Å². The van der Waals surface area contributed by atoms with Crippen LogP contribution in [-0.2, 0) is 6.54 Å². The second kappa shape index (κ2) is 7.62. The van der Waals surface area contributed by atoms with Crippen molar-refractivity contribution in [1.82, 2.24) is 14.7 Å². The number of piperidine rings is 1. The molecule has 23 heavy (non-hydrogen) atoms. The van der Waals surface area contributed by atoms with Crippen molar-refractivity contribution in [3.63, 3.8) is 0 Å². The van der Waals surface area contributed by atoms with E-state index in [1.54, 1.807) is 10.9 Å². The van der Waals surface area contributed by atoms with Crippen LogP contribution < -0.4 is 4.90 Å². The van der Waals surface area contributed by atoms with Gasteiger partial charge in [0.25, 0.3) is 0 Å². The molecule has 2 heterocycles. The first-order chi connectivity index (χ1) is 11.2. The third kappa shape index (κ3) is 4.33. The predicted molar refractivity (Wildman–Crippen MR) is 92.5 cm³/mol. The van der Waals surface area contributed by atoms with E-state index in [1.165, 1.54) is 18.5 Å². The lowest BCUT2D eigenvalue weighted by molar-refractivity contribution is 0.0835. The van der Waals surface area contributed by atoms with Crippen LogP contribution in [0.3, 0.4) is 0 Å². The first-order valence-corrected chi connectivity index (χ1v) is 8.38. The number of likely N-dealkylation sites (N-methyl/N-ethyl adjacent to an activating group) is 1. The van der Waals surface area contributed by atoms with Gasteiger partial charge < -0.3 is 10.0 Å². The van der Waals surface area contributed by atoms with E-state index in [2.05, 4.69) is 52.3 Å². The van der Waals surface area contributed by atoms with Crippen LogP contribution in [0.2, 0.25) is 0 Å². The molecule has 3 rings (SSSR count). The highest BCUT2D eigenvalue weighted by atomic mass is 16.3. The Hall–Kier alpha value is -1.85. The van der Waals surface area contributed by atoms with E-state index in [-0.39, 0.29) is 0 Å². The van der Waals surface area contributed by atoms with E-state index in [0.717, 1.165) is 13.1 Å². The number of nitrogens with zero attached hydrogens (tertiary/aromatic N) is 4. The highest BCUT2D eigenvalue weighted by Gasteiger charge is 2.24. The number of aliphatic hydroxyl groups is 1. The molecule has 5 heteroatoms. The summed E-state index contributed by atoms with van der Waals surface area (Å²) < 4.78 is 1.79. The van der Waals surface area contributed by atoms with Crippen LogP contribution in [0.1, 0.15) is 12.8 Å². The predicted octanol–water partition coefficient (Wildman–Crippen LogP) is 1.84. The molecule has 1 saturated heterocycles. The standard InChI is InChI=1S/C18H26N4O/c1-20(14-18(23)15-22-12-6-10-19-22)17-9-5-11-21(13-17)16-7-3-2-4-8-16/h2-4,6-8,10,12,17-18,23H,5,9,11,13-15H2,1H3. The van der Waals surface area contributed by atoms with E-state index in [4.69, 9.17) is 0 Å². The molecule has 0 radical (unpaired) electrons. The summed E-state index contributed by atoms with van der Waals surface area (Å²) >= 11 is 0. The normalized spacial score (nSPS) is 20.0. The molecule has 1 aromatic carbocycles. The lowest BCUT2D eigenvalue weighted by atomic mass is 10.0. The van der Waals surface area contributed by atoms with Crippen molar-refractivity contribution in [3.05, 3.63) is 48.8 Å². The Kier molecular flexibility index (Phi) is 5.31. The lowest BCUT2D eigenvalue weighted by Crippen LogP contribution is -2.49. The van der Waals surface area contributed by atoms with Crippen molar-refractivity contribution >= 4 is 5.69 Å². The second-order valence-electron chi connectivity index (χ2n) is 6.40. The molecule has 2 atom stereocenters. The molecular weight excluding hydrogens is 288 g/mol. The van der Waals surface area contributed by atoms with Gasteiger partial charge in [-0.3, -0.25) is 9.58 Å². The smallest absolute Gasteiger partial charge is 0.0862 e. The van der Waals surface area contributed by atoms with Crippen molar-refractivity contribution in [1.29, 1.82) is 0 Å². The van der Waals surface area contributed by atoms with Gasteiger partial charge in [-0.1, -0.05) is 18.2 Å². The van der Waals surface area contributed by atoms with E-state index in [0.29, 0.717) is 19.1 Å². The lowest BCUT2D eigenvalue weighted by Gasteiger charge is -2.39. The average molecular weight is 314 g/mol. The number of para-hydroxylation sites is 1. The summed E-state index contributed by atoms with van der Waals surface area (Å²) in [4.78, 5) is 4.74.